The SMILES string of the molecule is Cc1cc(C(C)(O)CNC(=O)Cc2cccc([N+](=O)[O-])c2)c(C)o1. The topological polar surface area (TPSA) is 106 Å². The third-order valence-electron chi connectivity index (χ3n) is 3.74. The Hall–Kier alpha value is -2.67. The van der Waals surface area contributed by atoms with Crippen LogP contribution in [0.2, 0.25) is 0 Å². The second kappa shape index (κ2) is 6.84. The summed E-state index contributed by atoms with van der Waals surface area (Å²) in [4.78, 5) is 22.3. The first-order valence-electron chi connectivity index (χ1n) is 7.49. The predicted octanol–water partition coefficient (Wildman–Crippen LogP) is 2.37. The fraction of sp³-hybridized carbons (Fsp3) is 0.353. The monoisotopic (exact) mass is 332 g/mol. The van der Waals surface area contributed by atoms with Gasteiger partial charge in [-0.05, 0) is 32.4 Å². The van der Waals surface area contributed by atoms with E-state index in [2.05, 4.69) is 5.32 Å². The van der Waals surface area contributed by atoms with Gasteiger partial charge in [0.25, 0.3) is 5.69 Å². The van der Waals surface area contributed by atoms with Gasteiger partial charge in [-0.25, -0.2) is 0 Å². The molecule has 128 valence electrons. The van der Waals surface area contributed by atoms with E-state index in [1.165, 1.54) is 18.2 Å². The zero-order valence-corrected chi connectivity index (χ0v) is 13.8. The van der Waals surface area contributed by atoms with E-state index in [1.54, 1.807) is 32.9 Å². The normalized spacial score (nSPS) is 13.3. The molecule has 1 unspecified atom stereocenters. The van der Waals surface area contributed by atoms with Gasteiger partial charge in [0.15, 0.2) is 0 Å². The molecule has 0 aliphatic heterocycles. The summed E-state index contributed by atoms with van der Waals surface area (Å²) in [5, 5.41) is 24.0. The molecule has 7 nitrogen and oxygen atoms in total. The molecule has 2 aromatic rings. The molecule has 0 bridgehead atoms. The molecule has 0 radical (unpaired) electrons. The van der Waals surface area contributed by atoms with Gasteiger partial charge in [-0.2, -0.15) is 0 Å². The first kappa shape index (κ1) is 17.7. The van der Waals surface area contributed by atoms with E-state index in [-0.39, 0.29) is 24.6 Å². The lowest BCUT2D eigenvalue weighted by Gasteiger charge is -2.23. The third-order valence-corrected chi connectivity index (χ3v) is 3.74. The fourth-order valence-electron chi connectivity index (χ4n) is 2.56. The van der Waals surface area contributed by atoms with Gasteiger partial charge in [-0.15, -0.1) is 0 Å². The van der Waals surface area contributed by atoms with Crippen molar-refractivity contribution in [1.82, 2.24) is 5.32 Å². The largest absolute Gasteiger partial charge is 0.466 e. The van der Waals surface area contributed by atoms with Gasteiger partial charge < -0.3 is 14.8 Å². The summed E-state index contributed by atoms with van der Waals surface area (Å²) in [7, 11) is 0. The van der Waals surface area contributed by atoms with E-state index in [1.807, 2.05) is 0 Å². The van der Waals surface area contributed by atoms with Crippen LogP contribution in [-0.4, -0.2) is 22.5 Å². The minimum atomic E-state index is -1.26. The van der Waals surface area contributed by atoms with Crippen molar-refractivity contribution >= 4 is 11.6 Å². The van der Waals surface area contributed by atoms with Gasteiger partial charge in [0.2, 0.25) is 5.91 Å². The molecule has 0 aliphatic rings. The van der Waals surface area contributed by atoms with Crippen LogP contribution >= 0.6 is 0 Å². The molecule has 0 fully saturated rings. The highest BCUT2D eigenvalue weighted by molar-refractivity contribution is 5.78. The molecule has 0 saturated heterocycles. The Morgan fingerprint density at radius 2 is 2.08 bits per heavy atom. The number of rotatable bonds is 6. The lowest BCUT2D eigenvalue weighted by molar-refractivity contribution is -0.384. The average molecular weight is 332 g/mol. The Kier molecular flexibility index (Phi) is 5.04. The molecular formula is C17H20N2O5. The van der Waals surface area contributed by atoms with Gasteiger partial charge >= 0.3 is 0 Å². The predicted molar refractivity (Wildman–Crippen MR) is 87.6 cm³/mol. The summed E-state index contributed by atoms with van der Waals surface area (Å²) < 4.78 is 5.40. The Morgan fingerprint density at radius 1 is 1.38 bits per heavy atom. The summed E-state index contributed by atoms with van der Waals surface area (Å²) in [6.45, 7) is 5.15. The van der Waals surface area contributed by atoms with Crippen LogP contribution in [0.5, 0.6) is 0 Å². The second-order valence-electron chi connectivity index (χ2n) is 5.98. The van der Waals surface area contributed by atoms with Crippen molar-refractivity contribution in [2.24, 2.45) is 0 Å². The van der Waals surface area contributed by atoms with Gasteiger partial charge in [0.1, 0.15) is 17.1 Å². The second-order valence-corrected chi connectivity index (χ2v) is 5.98. The van der Waals surface area contributed by atoms with E-state index < -0.39 is 10.5 Å². The van der Waals surface area contributed by atoms with Crippen LogP contribution in [0.3, 0.4) is 0 Å². The first-order valence-corrected chi connectivity index (χ1v) is 7.49. The number of aliphatic hydroxyl groups is 1. The number of carbonyl (C=O) groups is 1. The van der Waals surface area contributed by atoms with Crippen molar-refractivity contribution in [3.8, 4) is 0 Å². The Balaban J connectivity index is 1.99. The van der Waals surface area contributed by atoms with Crippen LogP contribution < -0.4 is 5.32 Å². The molecule has 0 saturated carbocycles. The summed E-state index contributed by atoms with van der Waals surface area (Å²) in [5.41, 5.74) is -0.163. The van der Waals surface area contributed by atoms with E-state index >= 15 is 0 Å². The molecule has 0 spiro atoms. The molecule has 1 aromatic heterocycles. The number of aryl methyl sites for hydroxylation is 2. The highest BCUT2D eigenvalue weighted by Crippen LogP contribution is 2.26. The van der Waals surface area contributed by atoms with E-state index in [4.69, 9.17) is 4.42 Å². The minimum Gasteiger partial charge on any atom is -0.466 e. The van der Waals surface area contributed by atoms with Gasteiger partial charge in [-0.3, -0.25) is 14.9 Å². The molecule has 0 aliphatic carbocycles. The Morgan fingerprint density at radius 3 is 2.67 bits per heavy atom. The van der Waals surface area contributed by atoms with Crippen molar-refractivity contribution in [2.45, 2.75) is 32.8 Å². The zero-order chi connectivity index (χ0) is 17.9. The number of non-ortho nitro benzene ring substituents is 1. The van der Waals surface area contributed by atoms with Crippen LogP contribution in [0.1, 0.15) is 29.6 Å². The van der Waals surface area contributed by atoms with Gasteiger partial charge in [0, 0.05) is 17.7 Å². The van der Waals surface area contributed by atoms with Crippen LogP contribution in [0.15, 0.2) is 34.7 Å². The van der Waals surface area contributed by atoms with E-state index in [0.29, 0.717) is 22.6 Å². The molecule has 24 heavy (non-hydrogen) atoms. The highest BCUT2D eigenvalue weighted by Gasteiger charge is 2.28. The lowest BCUT2D eigenvalue weighted by atomic mass is 9.96. The number of amides is 1. The number of nitrogens with one attached hydrogen (secondary N) is 1. The van der Waals surface area contributed by atoms with Crippen LogP contribution in [0.4, 0.5) is 5.69 Å². The average Bonchev–Trinajstić information content (AvgIpc) is 2.85. The lowest BCUT2D eigenvalue weighted by Crippen LogP contribution is -2.39. The summed E-state index contributed by atoms with van der Waals surface area (Å²) in [6, 6.07) is 7.66. The van der Waals surface area contributed by atoms with Crippen LogP contribution in [0, 0.1) is 24.0 Å². The zero-order valence-electron chi connectivity index (χ0n) is 13.8. The number of nitro benzene ring substituents is 1. The van der Waals surface area contributed by atoms with Gasteiger partial charge in [0.05, 0.1) is 17.9 Å². The van der Waals surface area contributed by atoms with Crippen molar-refractivity contribution in [3.05, 3.63) is 63.1 Å². The van der Waals surface area contributed by atoms with Crippen molar-refractivity contribution in [1.29, 1.82) is 0 Å². The van der Waals surface area contributed by atoms with Crippen molar-refractivity contribution < 1.29 is 19.2 Å². The van der Waals surface area contributed by atoms with Crippen LogP contribution in [-0.2, 0) is 16.8 Å². The number of hydrogen-bond acceptors (Lipinski definition) is 5. The number of furan rings is 1. The van der Waals surface area contributed by atoms with Gasteiger partial charge in [-0.1, -0.05) is 12.1 Å². The summed E-state index contributed by atoms with van der Waals surface area (Å²) >= 11 is 0. The standard InChI is InChI=1S/C17H20N2O5/c1-11-7-15(12(2)24-11)17(3,21)10-18-16(20)9-13-5-4-6-14(8-13)19(22)23/h4-8,21H,9-10H2,1-3H3,(H,18,20). The molecular weight excluding hydrogens is 312 g/mol. The number of benzene rings is 1. The highest BCUT2D eigenvalue weighted by atomic mass is 16.6. The maximum atomic E-state index is 12.0. The molecule has 1 atom stereocenters. The smallest absolute Gasteiger partial charge is 0.269 e. The van der Waals surface area contributed by atoms with Crippen molar-refractivity contribution in [3.63, 3.8) is 0 Å². The molecule has 1 aromatic carbocycles. The molecule has 7 heteroatoms. The molecule has 2 N–H and O–H groups in total. The van der Waals surface area contributed by atoms with E-state index in [0.717, 1.165) is 0 Å². The first-order chi connectivity index (χ1) is 11.2. The molecule has 1 heterocycles. The Labute approximate surface area is 139 Å². The number of nitrogens with zero attached hydrogens (tertiary/aromatic N) is 1. The number of hydrogen-bond donors (Lipinski definition) is 2. The van der Waals surface area contributed by atoms with Crippen LogP contribution in [0.25, 0.3) is 0 Å². The van der Waals surface area contributed by atoms with E-state index in [9.17, 15) is 20.0 Å². The van der Waals surface area contributed by atoms with Crippen molar-refractivity contribution in [2.75, 3.05) is 6.54 Å². The summed E-state index contributed by atoms with van der Waals surface area (Å²) in [5.74, 6) is 0.963. The minimum absolute atomic E-state index is 0.00115. The maximum Gasteiger partial charge on any atom is 0.269 e. The number of carbonyl (C=O) groups excluding carboxylic acids is 1. The molecule has 1 amide bonds. The molecule has 2 rings (SSSR count). The Bertz CT molecular complexity index is 764. The quantitative estimate of drug-likeness (QED) is 0.624. The fourth-order valence-corrected chi connectivity index (χ4v) is 2.56. The maximum absolute atomic E-state index is 12.0. The summed E-state index contributed by atoms with van der Waals surface area (Å²) in [6.07, 6.45) is 0.00115. The third kappa shape index (κ3) is 4.20. The number of nitro groups is 1.